The van der Waals surface area contributed by atoms with Crippen LogP contribution in [0.15, 0.2) is 48.5 Å². The second-order valence-electron chi connectivity index (χ2n) is 5.19. The summed E-state index contributed by atoms with van der Waals surface area (Å²) in [6, 6.07) is 15.1. The van der Waals surface area contributed by atoms with Crippen molar-refractivity contribution in [1.29, 1.82) is 0 Å². The minimum atomic E-state index is -0.0341. The Bertz CT molecular complexity index is 614. The van der Waals surface area contributed by atoms with E-state index in [1.54, 1.807) is 6.07 Å². The van der Waals surface area contributed by atoms with E-state index < -0.39 is 0 Å². The van der Waals surface area contributed by atoms with Gasteiger partial charge in [0.1, 0.15) is 18.5 Å². The summed E-state index contributed by atoms with van der Waals surface area (Å²) in [5.41, 5.74) is 0.884. The Morgan fingerprint density at radius 3 is 2.67 bits per heavy atom. The Labute approximate surface area is 124 Å². The van der Waals surface area contributed by atoms with Crippen molar-refractivity contribution in [2.45, 2.75) is 19.1 Å². The van der Waals surface area contributed by atoms with Gasteiger partial charge in [-0.15, -0.1) is 0 Å². The van der Waals surface area contributed by atoms with Gasteiger partial charge >= 0.3 is 0 Å². The quantitative estimate of drug-likeness (QED) is 0.907. The summed E-state index contributed by atoms with van der Waals surface area (Å²) in [5, 5.41) is 13.2. The predicted molar refractivity (Wildman–Crippen MR) is 80.9 cm³/mol. The van der Waals surface area contributed by atoms with Crippen LogP contribution in [-0.4, -0.2) is 24.4 Å². The molecule has 2 aromatic carbocycles. The lowest BCUT2D eigenvalue weighted by molar-refractivity contribution is 0.0885. The number of benzene rings is 2. The molecule has 0 saturated heterocycles. The molecule has 2 aromatic rings. The molecule has 2 unspecified atom stereocenters. The van der Waals surface area contributed by atoms with Crippen LogP contribution in [-0.2, 0) is 0 Å². The predicted octanol–water partition coefficient (Wildman–Crippen LogP) is 2.88. The molecular formula is C17H19NO3. The molecule has 2 N–H and O–H groups in total. The highest BCUT2D eigenvalue weighted by Crippen LogP contribution is 2.31. The zero-order chi connectivity index (χ0) is 14.7. The van der Waals surface area contributed by atoms with Crippen molar-refractivity contribution in [3.63, 3.8) is 0 Å². The molecule has 110 valence electrons. The average molecular weight is 285 g/mol. The van der Waals surface area contributed by atoms with Crippen LogP contribution in [0.5, 0.6) is 17.2 Å². The largest absolute Gasteiger partial charge is 0.508 e. The Balaban J connectivity index is 1.58. The first-order valence-corrected chi connectivity index (χ1v) is 7.14. The molecule has 0 spiro atoms. The van der Waals surface area contributed by atoms with E-state index in [2.05, 4.69) is 5.32 Å². The monoisotopic (exact) mass is 285 g/mol. The maximum atomic E-state index is 9.85. The van der Waals surface area contributed by atoms with Crippen molar-refractivity contribution in [2.75, 3.05) is 13.2 Å². The summed E-state index contributed by atoms with van der Waals surface area (Å²) in [4.78, 5) is 0. The molecule has 0 aromatic heterocycles. The van der Waals surface area contributed by atoms with E-state index in [0.29, 0.717) is 18.9 Å². The third kappa shape index (κ3) is 3.11. The van der Waals surface area contributed by atoms with Crippen molar-refractivity contribution in [3.05, 3.63) is 54.1 Å². The van der Waals surface area contributed by atoms with Crippen molar-refractivity contribution >= 4 is 0 Å². The lowest BCUT2D eigenvalue weighted by atomic mass is 10.1. The molecular weight excluding hydrogens is 266 g/mol. The first-order chi connectivity index (χ1) is 10.2. The molecule has 3 rings (SSSR count). The lowest BCUT2D eigenvalue weighted by Crippen LogP contribution is -2.39. The molecule has 4 heteroatoms. The van der Waals surface area contributed by atoms with Crippen LogP contribution in [0.3, 0.4) is 0 Å². The van der Waals surface area contributed by atoms with Crippen LogP contribution in [0.4, 0.5) is 0 Å². The number of para-hydroxylation sites is 3. The van der Waals surface area contributed by atoms with Gasteiger partial charge in [-0.25, -0.2) is 0 Å². The number of fused-ring (bicyclic) bond motifs is 1. The zero-order valence-electron chi connectivity index (χ0n) is 12.0. The van der Waals surface area contributed by atoms with Gasteiger partial charge in [0.2, 0.25) is 0 Å². The van der Waals surface area contributed by atoms with Gasteiger partial charge < -0.3 is 19.9 Å². The van der Waals surface area contributed by atoms with E-state index in [9.17, 15) is 5.11 Å². The van der Waals surface area contributed by atoms with E-state index in [0.717, 1.165) is 17.1 Å². The number of phenols is 1. The van der Waals surface area contributed by atoms with Gasteiger partial charge in [-0.2, -0.15) is 0 Å². The minimum Gasteiger partial charge on any atom is -0.508 e. The van der Waals surface area contributed by atoms with Crippen LogP contribution in [0.25, 0.3) is 0 Å². The number of hydrogen-bond acceptors (Lipinski definition) is 4. The van der Waals surface area contributed by atoms with Gasteiger partial charge in [0.05, 0.1) is 0 Å². The summed E-state index contributed by atoms with van der Waals surface area (Å²) in [5.74, 6) is 1.89. The van der Waals surface area contributed by atoms with Crippen molar-refractivity contribution < 1.29 is 14.6 Å². The maximum Gasteiger partial charge on any atom is 0.161 e. The zero-order valence-corrected chi connectivity index (χ0v) is 12.0. The van der Waals surface area contributed by atoms with Gasteiger partial charge in [0.15, 0.2) is 11.5 Å². The van der Waals surface area contributed by atoms with Crippen LogP contribution in [0, 0.1) is 0 Å². The molecule has 0 bridgehead atoms. The highest BCUT2D eigenvalue weighted by atomic mass is 16.6. The second kappa shape index (κ2) is 6.06. The third-order valence-electron chi connectivity index (χ3n) is 3.62. The Morgan fingerprint density at radius 2 is 1.86 bits per heavy atom. The standard InChI is InChI=1S/C17H19NO3/c1-12(14-6-2-3-7-15(14)19)18-10-13-11-20-16-8-4-5-9-17(16)21-13/h2-9,12-13,18-19H,10-11H2,1H3. The van der Waals surface area contributed by atoms with Crippen LogP contribution in [0.1, 0.15) is 18.5 Å². The first kappa shape index (κ1) is 13.8. The molecule has 1 heterocycles. The van der Waals surface area contributed by atoms with Gasteiger partial charge in [-0.05, 0) is 25.1 Å². The number of nitrogens with one attached hydrogen (secondary N) is 1. The number of rotatable bonds is 4. The van der Waals surface area contributed by atoms with E-state index in [1.807, 2.05) is 49.4 Å². The number of ether oxygens (including phenoxy) is 2. The van der Waals surface area contributed by atoms with Gasteiger partial charge in [0.25, 0.3) is 0 Å². The normalized spacial score (nSPS) is 18.2. The second-order valence-corrected chi connectivity index (χ2v) is 5.19. The Kier molecular flexibility index (Phi) is 3.97. The summed E-state index contributed by atoms with van der Waals surface area (Å²) in [7, 11) is 0. The molecule has 0 amide bonds. The molecule has 2 atom stereocenters. The van der Waals surface area contributed by atoms with E-state index >= 15 is 0 Å². The summed E-state index contributed by atoms with van der Waals surface area (Å²) >= 11 is 0. The molecule has 21 heavy (non-hydrogen) atoms. The van der Waals surface area contributed by atoms with E-state index in [1.165, 1.54) is 0 Å². The van der Waals surface area contributed by atoms with Crippen molar-refractivity contribution in [1.82, 2.24) is 5.32 Å². The van der Waals surface area contributed by atoms with E-state index in [4.69, 9.17) is 9.47 Å². The first-order valence-electron chi connectivity index (χ1n) is 7.14. The Morgan fingerprint density at radius 1 is 1.14 bits per heavy atom. The average Bonchev–Trinajstić information content (AvgIpc) is 2.53. The number of aromatic hydroxyl groups is 1. The van der Waals surface area contributed by atoms with Gasteiger partial charge in [0, 0.05) is 18.2 Å². The Hall–Kier alpha value is -2.20. The van der Waals surface area contributed by atoms with Gasteiger partial charge in [-0.1, -0.05) is 30.3 Å². The fraction of sp³-hybridized carbons (Fsp3) is 0.294. The molecule has 1 aliphatic heterocycles. The van der Waals surface area contributed by atoms with Crippen molar-refractivity contribution in [2.24, 2.45) is 0 Å². The third-order valence-corrected chi connectivity index (χ3v) is 3.62. The SMILES string of the molecule is CC(NCC1COc2ccccc2O1)c1ccccc1O. The highest BCUT2D eigenvalue weighted by Gasteiger charge is 2.21. The van der Waals surface area contributed by atoms with Crippen LogP contribution >= 0.6 is 0 Å². The van der Waals surface area contributed by atoms with E-state index in [-0.39, 0.29) is 12.1 Å². The molecule has 0 aliphatic carbocycles. The summed E-state index contributed by atoms with van der Waals surface area (Å²) in [6.07, 6.45) is -0.0341. The van der Waals surface area contributed by atoms with Crippen molar-refractivity contribution in [3.8, 4) is 17.2 Å². The number of phenolic OH excluding ortho intramolecular Hbond substituents is 1. The highest BCUT2D eigenvalue weighted by molar-refractivity contribution is 5.40. The topological polar surface area (TPSA) is 50.7 Å². The fourth-order valence-corrected chi connectivity index (χ4v) is 2.44. The molecule has 0 radical (unpaired) electrons. The minimum absolute atomic E-state index is 0.0341. The molecule has 0 fully saturated rings. The fourth-order valence-electron chi connectivity index (χ4n) is 2.44. The smallest absolute Gasteiger partial charge is 0.161 e. The van der Waals surface area contributed by atoms with Gasteiger partial charge in [-0.3, -0.25) is 0 Å². The number of hydrogen-bond donors (Lipinski definition) is 2. The van der Waals surface area contributed by atoms with Crippen LogP contribution in [0.2, 0.25) is 0 Å². The maximum absolute atomic E-state index is 9.85. The van der Waals surface area contributed by atoms with Crippen LogP contribution < -0.4 is 14.8 Å². The molecule has 0 saturated carbocycles. The summed E-state index contributed by atoms with van der Waals surface area (Å²) < 4.78 is 11.6. The summed E-state index contributed by atoms with van der Waals surface area (Å²) in [6.45, 7) is 3.20. The lowest BCUT2D eigenvalue weighted by Gasteiger charge is -2.27. The molecule has 1 aliphatic rings. The molecule has 4 nitrogen and oxygen atoms in total.